The molecule has 6 heteroatoms. The van der Waals surface area contributed by atoms with E-state index in [9.17, 15) is 4.79 Å². The van der Waals surface area contributed by atoms with Crippen LogP contribution in [0, 0.1) is 0 Å². The molecular formula is C24H35N3O3+2. The highest BCUT2D eigenvalue weighted by Gasteiger charge is 2.13. The molecule has 0 amide bonds. The van der Waals surface area contributed by atoms with Crippen LogP contribution in [0.4, 0.5) is 0 Å². The fraction of sp³-hybridized carbons (Fsp3) is 0.458. The minimum absolute atomic E-state index is 0.0296. The summed E-state index contributed by atoms with van der Waals surface area (Å²) in [5, 5.41) is 2.64. The summed E-state index contributed by atoms with van der Waals surface area (Å²) < 4.78 is 15.2. The number of aryl methyl sites for hydroxylation is 1. The highest BCUT2D eigenvalue weighted by molar-refractivity contribution is 6.06. The second kappa shape index (κ2) is 8.28. The second-order valence-corrected chi connectivity index (χ2v) is 9.98. The Bertz CT molecular complexity index is 1110. The number of fused-ring (bicyclic) bond motifs is 3. The quantitative estimate of drug-likeness (QED) is 0.421. The van der Waals surface area contributed by atoms with Crippen molar-refractivity contribution in [3.05, 3.63) is 46.8 Å². The van der Waals surface area contributed by atoms with Gasteiger partial charge in [-0.15, -0.1) is 0 Å². The van der Waals surface area contributed by atoms with Gasteiger partial charge < -0.3 is 23.0 Å². The molecule has 0 radical (unpaired) electrons. The Hall–Kier alpha value is -2.57. The summed E-state index contributed by atoms with van der Waals surface area (Å²) in [4.78, 5) is 13.0. The van der Waals surface area contributed by atoms with Gasteiger partial charge in [0.2, 0.25) is 0 Å². The maximum absolute atomic E-state index is 13.0. The van der Waals surface area contributed by atoms with Crippen molar-refractivity contribution < 1.29 is 18.4 Å². The van der Waals surface area contributed by atoms with E-state index in [2.05, 4.69) is 42.3 Å². The maximum atomic E-state index is 13.0. The Balaban J connectivity index is 1.91. The second-order valence-electron chi connectivity index (χ2n) is 9.98. The topological polar surface area (TPSA) is 40.5 Å². The third kappa shape index (κ3) is 5.32. The molecule has 0 aliphatic heterocycles. The number of pyridine rings is 1. The number of rotatable bonds is 8. The minimum Gasteiger partial charge on any atom is -0.488 e. The molecule has 0 aliphatic carbocycles. The SMILES string of the molecule is Cn1c(=O)c2cc(OCC[N+](C)(C)C)ccc2c2ccc(OCC[N+](C)(C)C)cc21. The summed E-state index contributed by atoms with van der Waals surface area (Å²) in [6.07, 6.45) is 0. The van der Waals surface area contributed by atoms with Gasteiger partial charge in [0.05, 0.1) is 53.2 Å². The summed E-state index contributed by atoms with van der Waals surface area (Å²) in [5.41, 5.74) is 0.840. The van der Waals surface area contributed by atoms with E-state index in [1.807, 2.05) is 43.4 Å². The third-order valence-electron chi connectivity index (χ3n) is 5.21. The molecule has 1 aromatic heterocycles. The highest BCUT2D eigenvalue weighted by Crippen LogP contribution is 2.28. The van der Waals surface area contributed by atoms with Gasteiger partial charge in [0.15, 0.2) is 0 Å². The van der Waals surface area contributed by atoms with Gasteiger partial charge >= 0.3 is 0 Å². The van der Waals surface area contributed by atoms with Crippen LogP contribution in [0.25, 0.3) is 21.7 Å². The Kier molecular flexibility index (Phi) is 6.11. The van der Waals surface area contributed by atoms with Gasteiger partial charge in [0, 0.05) is 18.5 Å². The summed E-state index contributed by atoms with van der Waals surface area (Å²) in [6.45, 7) is 3.04. The first-order valence-electron chi connectivity index (χ1n) is 10.4. The number of aromatic nitrogens is 1. The molecule has 0 saturated heterocycles. The largest absolute Gasteiger partial charge is 0.488 e. The van der Waals surface area contributed by atoms with E-state index in [4.69, 9.17) is 9.47 Å². The zero-order valence-corrected chi connectivity index (χ0v) is 19.4. The number of likely N-dealkylation sites (N-methyl/N-ethyl adjacent to an activating group) is 2. The van der Waals surface area contributed by atoms with Crippen LogP contribution >= 0.6 is 0 Å². The van der Waals surface area contributed by atoms with Crippen molar-refractivity contribution in [1.29, 1.82) is 0 Å². The van der Waals surface area contributed by atoms with Crippen LogP contribution in [-0.2, 0) is 7.05 Å². The smallest absolute Gasteiger partial charge is 0.258 e. The van der Waals surface area contributed by atoms with E-state index in [0.29, 0.717) is 18.6 Å². The molecular weight excluding hydrogens is 378 g/mol. The predicted molar refractivity (Wildman–Crippen MR) is 123 cm³/mol. The first kappa shape index (κ1) is 22.1. The lowest BCUT2D eigenvalue weighted by molar-refractivity contribution is -0.870. The molecule has 0 atom stereocenters. The van der Waals surface area contributed by atoms with Gasteiger partial charge in [-0.05, 0) is 35.7 Å². The predicted octanol–water partition coefficient (Wildman–Crippen LogP) is 2.86. The molecule has 0 bridgehead atoms. The van der Waals surface area contributed by atoms with Gasteiger partial charge in [-0.1, -0.05) is 0 Å². The van der Waals surface area contributed by atoms with Crippen molar-refractivity contribution in [1.82, 2.24) is 4.57 Å². The normalized spacial score (nSPS) is 12.5. The van der Waals surface area contributed by atoms with Crippen LogP contribution in [0.5, 0.6) is 11.5 Å². The third-order valence-corrected chi connectivity index (χ3v) is 5.21. The van der Waals surface area contributed by atoms with Crippen molar-refractivity contribution in [3.63, 3.8) is 0 Å². The number of ether oxygens (including phenoxy) is 2. The van der Waals surface area contributed by atoms with Gasteiger partial charge in [0.25, 0.3) is 5.56 Å². The molecule has 2 aromatic carbocycles. The number of benzene rings is 2. The Morgan fingerprint density at radius 1 is 0.733 bits per heavy atom. The van der Waals surface area contributed by atoms with Crippen molar-refractivity contribution in [3.8, 4) is 11.5 Å². The van der Waals surface area contributed by atoms with E-state index < -0.39 is 0 Å². The molecule has 162 valence electrons. The summed E-state index contributed by atoms with van der Waals surface area (Å²) in [6, 6.07) is 11.8. The van der Waals surface area contributed by atoms with Crippen LogP contribution in [0.2, 0.25) is 0 Å². The lowest BCUT2D eigenvalue weighted by Crippen LogP contribution is -2.38. The molecule has 3 rings (SSSR count). The molecule has 1 heterocycles. The molecule has 0 spiro atoms. The monoisotopic (exact) mass is 413 g/mol. The molecule has 0 unspecified atom stereocenters. The van der Waals surface area contributed by atoms with Gasteiger partial charge in [0.1, 0.15) is 37.8 Å². The Labute approximate surface area is 179 Å². The van der Waals surface area contributed by atoms with Crippen LogP contribution < -0.4 is 15.0 Å². The number of hydrogen-bond acceptors (Lipinski definition) is 3. The van der Waals surface area contributed by atoms with E-state index in [1.165, 1.54) is 0 Å². The lowest BCUT2D eigenvalue weighted by atomic mass is 10.1. The highest BCUT2D eigenvalue weighted by atomic mass is 16.5. The van der Waals surface area contributed by atoms with Crippen molar-refractivity contribution in [2.24, 2.45) is 7.05 Å². The molecule has 0 fully saturated rings. The minimum atomic E-state index is -0.0296. The fourth-order valence-electron chi connectivity index (χ4n) is 3.30. The van der Waals surface area contributed by atoms with Crippen molar-refractivity contribution in [2.75, 3.05) is 68.6 Å². The van der Waals surface area contributed by atoms with Gasteiger partial charge in [-0.2, -0.15) is 0 Å². The molecule has 3 aromatic rings. The van der Waals surface area contributed by atoms with Gasteiger partial charge in [-0.3, -0.25) is 4.79 Å². The standard InChI is InChI=1S/C24H35N3O3/c1-25-23-17-19(30-15-13-27(5,6)7)9-11-21(23)20-10-8-18(16-22(20)24(25)28)29-14-12-26(2,3)4/h8-11,16-17H,12-15H2,1-7H3/q+2. The summed E-state index contributed by atoms with van der Waals surface area (Å²) in [7, 11) is 14.6. The number of hydrogen-bond donors (Lipinski definition) is 0. The van der Waals surface area contributed by atoms with Crippen LogP contribution in [0.3, 0.4) is 0 Å². The average molecular weight is 414 g/mol. The maximum Gasteiger partial charge on any atom is 0.258 e. The van der Waals surface area contributed by atoms with Gasteiger partial charge in [-0.25, -0.2) is 0 Å². The molecule has 6 nitrogen and oxygen atoms in total. The van der Waals surface area contributed by atoms with Crippen LogP contribution in [0.15, 0.2) is 41.2 Å². The zero-order chi connectivity index (χ0) is 22.1. The average Bonchev–Trinajstić information content (AvgIpc) is 2.64. The molecule has 0 aliphatic rings. The van der Waals surface area contributed by atoms with Crippen LogP contribution in [0.1, 0.15) is 0 Å². The van der Waals surface area contributed by atoms with E-state index >= 15 is 0 Å². The molecule has 30 heavy (non-hydrogen) atoms. The Morgan fingerprint density at radius 2 is 1.23 bits per heavy atom. The summed E-state index contributed by atoms with van der Waals surface area (Å²) in [5.74, 6) is 1.51. The first-order chi connectivity index (χ1) is 13.9. The van der Waals surface area contributed by atoms with E-state index in [-0.39, 0.29) is 5.56 Å². The number of nitrogens with zero attached hydrogens (tertiary/aromatic N) is 3. The fourth-order valence-corrected chi connectivity index (χ4v) is 3.30. The van der Waals surface area contributed by atoms with Crippen molar-refractivity contribution >= 4 is 21.7 Å². The molecule has 0 saturated carbocycles. The van der Waals surface area contributed by atoms with E-state index in [0.717, 1.165) is 49.8 Å². The lowest BCUT2D eigenvalue weighted by Gasteiger charge is -2.23. The zero-order valence-electron chi connectivity index (χ0n) is 19.4. The number of quaternary nitrogens is 2. The van der Waals surface area contributed by atoms with Crippen molar-refractivity contribution in [2.45, 2.75) is 0 Å². The Morgan fingerprint density at radius 3 is 1.77 bits per heavy atom. The summed E-state index contributed by atoms with van der Waals surface area (Å²) >= 11 is 0. The first-order valence-corrected chi connectivity index (χ1v) is 10.4. The molecule has 0 N–H and O–H groups in total. The van der Waals surface area contributed by atoms with E-state index in [1.54, 1.807) is 4.57 Å². The van der Waals surface area contributed by atoms with Crippen LogP contribution in [-0.4, -0.2) is 82.1 Å².